The number of aromatic nitrogens is 1. The molecular formula is C36H25NS. The lowest BCUT2D eigenvalue weighted by molar-refractivity contribution is 0.660. The molecule has 0 N–H and O–H groups in total. The third-order valence-corrected chi connectivity index (χ3v) is 9.36. The van der Waals surface area contributed by atoms with Crippen LogP contribution in [0.1, 0.15) is 25.0 Å². The monoisotopic (exact) mass is 503 g/mol. The second-order valence-corrected chi connectivity index (χ2v) is 11.8. The SMILES string of the molecule is CC1(C)c2ccccc2-c2cc(-c3cccc(-c4nc5sc6ccccc6c5c5ccccc45)c3)ccc21. The van der Waals surface area contributed by atoms with E-state index in [0.29, 0.717) is 0 Å². The van der Waals surface area contributed by atoms with Gasteiger partial charge in [-0.25, -0.2) is 4.98 Å². The second-order valence-electron chi connectivity index (χ2n) is 10.8. The third kappa shape index (κ3) is 3.01. The van der Waals surface area contributed by atoms with Gasteiger partial charge in [0.15, 0.2) is 0 Å². The summed E-state index contributed by atoms with van der Waals surface area (Å²) in [4.78, 5) is 6.37. The van der Waals surface area contributed by atoms with Gasteiger partial charge in [-0.05, 0) is 57.0 Å². The van der Waals surface area contributed by atoms with E-state index in [4.69, 9.17) is 4.98 Å². The molecule has 2 aromatic heterocycles. The second kappa shape index (κ2) is 7.86. The molecule has 0 saturated heterocycles. The third-order valence-electron chi connectivity index (χ3n) is 8.29. The number of thiophene rings is 1. The van der Waals surface area contributed by atoms with Gasteiger partial charge in [-0.15, -0.1) is 11.3 Å². The average Bonchev–Trinajstić information content (AvgIpc) is 3.45. The molecular weight excluding hydrogens is 478 g/mol. The highest BCUT2D eigenvalue weighted by Gasteiger charge is 2.35. The van der Waals surface area contributed by atoms with Gasteiger partial charge in [-0.1, -0.05) is 111 Å². The van der Waals surface area contributed by atoms with E-state index in [0.717, 1.165) is 16.1 Å². The largest absolute Gasteiger partial charge is 0.236 e. The molecule has 2 heterocycles. The molecule has 0 saturated carbocycles. The molecule has 0 atom stereocenters. The van der Waals surface area contributed by atoms with Crippen LogP contribution in [0.25, 0.3) is 64.6 Å². The van der Waals surface area contributed by atoms with Gasteiger partial charge in [-0.3, -0.25) is 0 Å². The fourth-order valence-electron chi connectivity index (χ4n) is 6.41. The van der Waals surface area contributed by atoms with Crippen LogP contribution in [0, 0.1) is 0 Å². The number of benzene rings is 5. The molecule has 0 bridgehead atoms. The van der Waals surface area contributed by atoms with Crippen molar-refractivity contribution in [3.8, 4) is 33.5 Å². The lowest BCUT2D eigenvalue weighted by atomic mass is 9.82. The van der Waals surface area contributed by atoms with Crippen molar-refractivity contribution in [1.29, 1.82) is 0 Å². The van der Waals surface area contributed by atoms with E-state index in [2.05, 4.69) is 129 Å². The molecule has 38 heavy (non-hydrogen) atoms. The summed E-state index contributed by atoms with van der Waals surface area (Å²) in [6.07, 6.45) is 0. The molecule has 0 unspecified atom stereocenters. The Labute approximate surface area is 226 Å². The summed E-state index contributed by atoms with van der Waals surface area (Å²) in [6, 6.07) is 42.1. The molecule has 0 fully saturated rings. The van der Waals surface area contributed by atoms with Crippen LogP contribution in [0.15, 0.2) is 115 Å². The van der Waals surface area contributed by atoms with E-state index in [1.807, 2.05) is 0 Å². The van der Waals surface area contributed by atoms with E-state index in [9.17, 15) is 0 Å². The predicted molar refractivity (Wildman–Crippen MR) is 163 cm³/mol. The van der Waals surface area contributed by atoms with Crippen LogP contribution in [0.3, 0.4) is 0 Å². The van der Waals surface area contributed by atoms with Crippen LogP contribution in [-0.4, -0.2) is 4.98 Å². The standard InChI is InChI=1S/C36H25NS/c1-36(2)30-16-7-5-12-25(30)29-21-23(18-19-31(29)36)22-10-9-11-24(20-22)34-27-14-4-3-13-26(27)33-28-15-6-8-17-32(28)38-35(33)37-34/h3-21H,1-2H3. The molecule has 5 aromatic carbocycles. The predicted octanol–water partition coefficient (Wildman–Crippen LogP) is 10.2. The Balaban J connectivity index is 1.32. The summed E-state index contributed by atoms with van der Waals surface area (Å²) in [5.74, 6) is 0. The lowest BCUT2D eigenvalue weighted by Crippen LogP contribution is -2.14. The minimum absolute atomic E-state index is 0.0226. The van der Waals surface area contributed by atoms with E-state index < -0.39 is 0 Å². The number of rotatable bonds is 2. The van der Waals surface area contributed by atoms with E-state index in [-0.39, 0.29) is 5.41 Å². The minimum Gasteiger partial charge on any atom is -0.236 e. The molecule has 7 aromatic rings. The summed E-state index contributed by atoms with van der Waals surface area (Å²) in [6.45, 7) is 4.66. The summed E-state index contributed by atoms with van der Waals surface area (Å²) in [5, 5.41) is 5.02. The number of hydrogen-bond donors (Lipinski definition) is 0. The maximum atomic E-state index is 5.27. The van der Waals surface area contributed by atoms with Gasteiger partial charge >= 0.3 is 0 Å². The lowest BCUT2D eigenvalue weighted by Gasteiger charge is -2.21. The van der Waals surface area contributed by atoms with Crippen LogP contribution < -0.4 is 0 Å². The van der Waals surface area contributed by atoms with Crippen molar-refractivity contribution < 1.29 is 0 Å². The van der Waals surface area contributed by atoms with Gasteiger partial charge in [0, 0.05) is 31.8 Å². The Morgan fingerprint density at radius 1 is 0.553 bits per heavy atom. The topological polar surface area (TPSA) is 12.9 Å². The van der Waals surface area contributed by atoms with Gasteiger partial charge in [0.2, 0.25) is 0 Å². The molecule has 1 nitrogen and oxygen atoms in total. The molecule has 8 rings (SSSR count). The molecule has 0 aliphatic heterocycles. The van der Waals surface area contributed by atoms with Gasteiger partial charge < -0.3 is 0 Å². The fraction of sp³-hybridized carbons (Fsp3) is 0.0833. The summed E-state index contributed by atoms with van der Waals surface area (Å²) in [5.41, 5.74) is 10.2. The number of pyridine rings is 1. The molecule has 1 aliphatic carbocycles. The van der Waals surface area contributed by atoms with Gasteiger partial charge in [-0.2, -0.15) is 0 Å². The van der Waals surface area contributed by atoms with Crippen molar-refractivity contribution in [2.75, 3.05) is 0 Å². The molecule has 180 valence electrons. The summed E-state index contributed by atoms with van der Waals surface area (Å²) in [7, 11) is 0. The van der Waals surface area contributed by atoms with E-state index in [1.54, 1.807) is 11.3 Å². The van der Waals surface area contributed by atoms with E-state index in [1.165, 1.54) is 59.6 Å². The first-order valence-corrected chi connectivity index (χ1v) is 14.0. The highest BCUT2D eigenvalue weighted by Crippen LogP contribution is 2.49. The first kappa shape index (κ1) is 21.8. The molecule has 1 aliphatic rings. The molecule has 0 spiro atoms. The molecule has 2 heteroatoms. The maximum absolute atomic E-state index is 5.27. The Kier molecular flexibility index (Phi) is 4.51. The van der Waals surface area contributed by atoms with Crippen LogP contribution in [0.2, 0.25) is 0 Å². The molecule has 0 radical (unpaired) electrons. The van der Waals surface area contributed by atoms with Gasteiger partial charge in [0.1, 0.15) is 4.83 Å². The minimum atomic E-state index is 0.0226. The Hall–Kier alpha value is -4.27. The quantitative estimate of drug-likeness (QED) is 0.229. The number of fused-ring (bicyclic) bond motifs is 8. The van der Waals surface area contributed by atoms with Gasteiger partial charge in [0.05, 0.1) is 5.69 Å². The van der Waals surface area contributed by atoms with Crippen LogP contribution in [-0.2, 0) is 5.41 Å². The first-order valence-electron chi connectivity index (χ1n) is 13.1. The summed E-state index contributed by atoms with van der Waals surface area (Å²) >= 11 is 1.78. The van der Waals surface area contributed by atoms with Crippen molar-refractivity contribution in [2.24, 2.45) is 0 Å². The normalized spacial score (nSPS) is 13.7. The zero-order chi connectivity index (χ0) is 25.4. The van der Waals surface area contributed by atoms with Gasteiger partial charge in [0.25, 0.3) is 0 Å². The highest BCUT2D eigenvalue weighted by molar-refractivity contribution is 7.25. The Bertz CT molecular complexity index is 2060. The smallest absolute Gasteiger partial charge is 0.125 e. The fourth-order valence-corrected chi connectivity index (χ4v) is 7.50. The maximum Gasteiger partial charge on any atom is 0.125 e. The highest BCUT2D eigenvalue weighted by atomic mass is 32.1. The van der Waals surface area contributed by atoms with Crippen molar-refractivity contribution in [3.63, 3.8) is 0 Å². The van der Waals surface area contributed by atoms with Crippen molar-refractivity contribution >= 4 is 42.4 Å². The number of hydrogen-bond acceptors (Lipinski definition) is 2. The molecule has 0 amide bonds. The summed E-state index contributed by atoms with van der Waals surface area (Å²) < 4.78 is 1.28. The van der Waals surface area contributed by atoms with Crippen LogP contribution in [0.5, 0.6) is 0 Å². The Morgan fingerprint density at radius 2 is 1.24 bits per heavy atom. The van der Waals surface area contributed by atoms with Crippen molar-refractivity contribution in [1.82, 2.24) is 4.98 Å². The Morgan fingerprint density at radius 3 is 2.13 bits per heavy atom. The van der Waals surface area contributed by atoms with Crippen LogP contribution in [0.4, 0.5) is 0 Å². The van der Waals surface area contributed by atoms with E-state index >= 15 is 0 Å². The van der Waals surface area contributed by atoms with Crippen molar-refractivity contribution in [2.45, 2.75) is 19.3 Å². The van der Waals surface area contributed by atoms with Crippen LogP contribution >= 0.6 is 11.3 Å². The zero-order valence-electron chi connectivity index (χ0n) is 21.3. The average molecular weight is 504 g/mol. The first-order chi connectivity index (χ1) is 18.6. The zero-order valence-corrected chi connectivity index (χ0v) is 22.1. The van der Waals surface area contributed by atoms with Crippen molar-refractivity contribution in [3.05, 3.63) is 126 Å². The number of nitrogens with zero attached hydrogens (tertiary/aromatic N) is 1.